The molecule has 0 spiro atoms. The zero-order chi connectivity index (χ0) is 25.8. The molecule has 37 heavy (non-hydrogen) atoms. The van der Waals surface area contributed by atoms with Crippen molar-refractivity contribution in [2.45, 2.75) is 6.10 Å². The number of benzene rings is 3. The first kappa shape index (κ1) is 23.8. The Hall–Kier alpha value is -4.96. The van der Waals surface area contributed by atoms with Crippen molar-refractivity contribution in [1.29, 1.82) is 0 Å². The molecular formula is C27H23FN6O3. The Morgan fingerprint density at radius 2 is 1.78 bits per heavy atom. The number of nitrogens with zero attached hydrogens (tertiary/aromatic N) is 1. The van der Waals surface area contributed by atoms with Crippen LogP contribution >= 0.6 is 0 Å². The number of imidazole rings is 1. The normalized spacial score (nSPS) is 11.7. The molecule has 0 saturated heterocycles. The monoisotopic (exact) mass is 498 g/mol. The number of hydrogen-bond acceptors (Lipinski definition) is 5. The van der Waals surface area contributed by atoms with E-state index in [0.29, 0.717) is 28.1 Å². The molecule has 2 aromatic heterocycles. The van der Waals surface area contributed by atoms with Crippen LogP contribution in [-0.4, -0.2) is 32.6 Å². The summed E-state index contributed by atoms with van der Waals surface area (Å²) < 4.78 is 13.4. The minimum absolute atomic E-state index is 0.174. The standard InChI is InChI=1S/C27H23FN6O3/c28-17-8-4-9-18(14-17)31-27(37)33-21-11-5-10-20-24(21)34-25(32-20)23-19(12-13-29-26(23)36)30-15-22(35)16-6-2-1-3-7-16/h1-14,22,35H,15H2,(H,32,34)(H2,29,30,36)(H2,31,33,37)/t22-/m1/s1. The minimum atomic E-state index is -0.781. The molecule has 0 unspecified atom stereocenters. The zero-order valence-corrected chi connectivity index (χ0v) is 19.5. The molecule has 0 bridgehead atoms. The number of aromatic amines is 2. The molecule has 186 valence electrons. The lowest BCUT2D eigenvalue weighted by Crippen LogP contribution is -2.19. The van der Waals surface area contributed by atoms with Crippen LogP contribution in [0, 0.1) is 5.82 Å². The lowest BCUT2D eigenvalue weighted by molar-refractivity contribution is 0.191. The van der Waals surface area contributed by atoms with Crippen LogP contribution in [0.4, 0.5) is 26.2 Å². The Kier molecular flexibility index (Phi) is 6.64. The van der Waals surface area contributed by atoms with Gasteiger partial charge in [0.2, 0.25) is 0 Å². The molecule has 0 aliphatic rings. The summed E-state index contributed by atoms with van der Waals surface area (Å²) in [5.41, 5.74) is 2.84. The number of aromatic nitrogens is 3. The summed E-state index contributed by atoms with van der Waals surface area (Å²) in [7, 11) is 0. The molecule has 0 fully saturated rings. The van der Waals surface area contributed by atoms with Crippen molar-refractivity contribution >= 4 is 34.1 Å². The van der Waals surface area contributed by atoms with Crippen molar-refractivity contribution in [3.05, 3.63) is 107 Å². The van der Waals surface area contributed by atoms with E-state index in [-0.39, 0.29) is 23.5 Å². The van der Waals surface area contributed by atoms with E-state index in [0.717, 1.165) is 5.56 Å². The van der Waals surface area contributed by atoms with Gasteiger partial charge in [-0.1, -0.05) is 42.5 Å². The van der Waals surface area contributed by atoms with Crippen LogP contribution < -0.4 is 21.5 Å². The lowest BCUT2D eigenvalue weighted by Gasteiger charge is -2.14. The molecule has 0 aliphatic heterocycles. The number of anilines is 3. The molecule has 0 radical (unpaired) electrons. The molecule has 6 N–H and O–H groups in total. The van der Waals surface area contributed by atoms with E-state index in [1.54, 1.807) is 30.3 Å². The fourth-order valence-corrected chi connectivity index (χ4v) is 3.96. The highest BCUT2D eigenvalue weighted by Gasteiger charge is 2.17. The first-order valence-electron chi connectivity index (χ1n) is 11.5. The van der Waals surface area contributed by atoms with Crippen LogP contribution in [0.25, 0.3) is 22.4 Å². The maximum absolute atomic E-state index is 13.4. The second-order valence-electron chi connectivity index (χ2n) is 8.28. The summed E-state index contributed by atoms with van der Waals surface area (Å²) in [5.74, 6) is -0.182. The second kappa shape index (κ2) is 10.3. The lowest BCUT2D eigenvalue weighted by atomic mass is 10.1. The quantitative estimate of drug-likeness (QED) is 0.191. The van der Waals surface area contributed by atoms with Gasteiger partial charge < -0.3 is 31.0 Å². The number of pyridine rings is 1. The Morgan fingerprint density at radius 3 is 2.59 bits per heavy atom. The smallest absolute Gasteiger partial charge is 0.323 e. The number of fused-ring (bicyclic) bond motifs is 1. The first-order valence-corrected chi connectivity index (χ1v) is 11.5. The van der Waals surface area contributed by atoms with Crippen molar-refractivity contribution in [3.8, 4) is 11.4 Å². The highest BCUT2D eigenvalue weighted by Crippen LogP contribution is 2.28. The summed E-state index contributed by atoms with van der Waals surface area (Å²) >= 11 is 0. The minimum Gasteiger partial charge on any atom is -0.387 e. The molecule has 0 saturated carbocycles. The van der Waals surface area contributed by atoms with Crippen LogP contribution in [0.3, 0.4) is 0 Å². The topological polar surface area (TPSA) is 135 Å². The summed E-state index contributed by atoms with van der Waals surface area (Å²) in [6, 6.07) is 21.0. The highest BCUT2D eigenvalue weighted by molar-refractivity contribution is 6.05. The SMILES string of the molecule is O=C(Nc1cccc(F)c1)Nc1cccc2[nH]c(-c3c(NC[C@@H](O)c4ccccc4)cc[nH]c3=O)nc12. The molecule has 2 heterocycles. The molecule has 1 atom stereocenters. The maximum Gasteiger partial charge on any atom is 0.323 e. The van der Waals surface area contributed by atoms with Crippen molar-refractivity contribution in [2.75, 3.05) is 22.5 Å². The summed E-state index contributed by atoms with van der Waals surface area (Å²) in [5, 5.41) is 19.0. The van der Waals surface area contributed by atoms with Crippen LogP contribution in [-0.2, 0) is 0 Å². The predicted octanol–water partition coefficient (Wildman–Crippen LogP) is 4.85. The number of rotatable bonds is 7. The van der Waals surface area contributed by atoms with Gasteiger partial charge in [-0.05, 0) is 42.0 Å². The molecule has 3 aromatic carbocycles. The van der Waals surface area contributed by atoms with Crippen LogP contribution in [0.2, 0.25) is 0 Å². The number of aliphatic hydroxyl groups excluding tert-OH is 1. The third-order valence-corrected chi connectivity index (χ3v) is 5.71. The van der Waals surface area contributed by atoms with Gasteiger partial charge in [0, 0.05) is 18.4 Å². The molecule has 9 nitrogen and oxygen atoms in total. The number of aliphatic hydroxyl groups is 1. The summed E-state index contributed by atoms with van der Waals surface area (Å²) in [6.07, 6.45) is 0.728. The number of carbonyl (C=O) groups is 1. The summed E-state index contributed by atoms with van der Waals surface area (Å²) in [6.45, 7) is 0.174. The molecule has 10 heteroatoms. The Bertz CT molecular complexity index is 1620. The van der Waals surface area contributed by atoms with Gasteiger partial charge in [0.15, 0.2) is 0 Å². The van der Waals surface area contributed by atoms with E-state index >= 15 is 0 Å². The molecular weight excluding hydrogens is 475 g/mol. The number of hydrogen-bond donors (Lipinski definition) is 6. The zero-order valence-electron chi connectivity index (χ0n) is 19.5. The van der Waals surface area contributed by atoms with E-state index < -0.39 is 18.0 Å². The van der Waals surface area contributed by atoms with Crippen molar-refractivity contribution < 1.29 is 14.3 Å². The molecule has 2 amide bonds. The van der Waals surface area contributed by atoms with Gasteiger partial charge in [0.1, 0.15) is 22.7 Å². The van der Waals surface area contributed by atoms with E-state index in [9.17, 15) is 19.1 Å². The number of H-pyrrole nitrogens is 2. The average molecular weight is 499 g/mol. The Labute approximate surface area is 210 Å². The number of amides is 2. The number of carbonyl (C=O) groups excluding carboxylic acids is 1. The number of para-hydroxylation sites is 1. The van der Waals surface area contributed by atoms with Crippen molar-refractivity contribution in [1.82, 2.24) is 15.0 Å². The van der Waals surface area contributed by atoms with E-state index in [1.807, 2.05) is 30.3 Å². The largest absolute Gasteiger partial charge is 0.387 e. The highest BCUT2D eigenvalue weighted by atomic mass is 19.1. The average Bonchev–Trinajstić information content (AvgIpc) is 3.32. The second-order valence-corrected chi connectivity index (χ2v) is 8.28. The van der Waals surface area contributed by atoms with Crippen molar-refractivity contribution in [2.24, 2.45) is 0 Å². The van der Waals surface area contributed by atoms with Gasteiger partial charge in [0.05, 0.1) is 23.0 Å². The van der Waals surface area contributed by atoms with Crippen LogP contribution in [0.15, 0.2) is 89.9 Å². The molecule has 5 aromatic rings. The van der Waals surface area contributed by atoms with E-state index in [4.69, 9.17) is 0 Å². The van der Waals surface area contributed by atoms with Gasteiger partial charge >= 0.3 is 6.03 Å². The fraction of sp³-hybridized carbons (Fsp3) is 0.0741. The van der Waals surface area contributed by atoms with Crippen LogP contribution in [0.1, 0.15) is 11.7 Å². The van der Waals surface area contributed by atoms with Gasteiger partial charge in [-0.25, -0.2) is 14.2 Å². The summed E-state index contributed by atoms with van der Waals surface area (Å²) in [4.78, 5) is 35.7. The molecule has 5 rings (SSSR count). The van der Waals surface area contributed by atoms with Gasteiger partial charge in [-0.2, -0.15) is 0 Å². The van der Waals surface area contributed by atoms with E-state index in [2.05, 4.69) is 30.9 Å². The van der Waals surface area contributed by atoms with E-state index in [1.165, 1.54) is 24.4 Å². The number of urea groups is 1. The maximum atomic E-state index is 13.4. The third kappa shape index (κ3) is 5.34. The fourth-order valence-electron chi connectivity index (χ4n) is 3.96. The first-order chi connectivity index (χ1) is 18.0. The number of nitrogens with one attached hydrogen (secondary N) is 5. The van der Waals surface area contributed by atoms with Crippen LogP contribution in [0.5, 0.6) is 0 Å². The van der Waals surface area contributed by atoms with Gasteiger partial charge in [0.25, 0.3) is 5.56 Å². The van der Waals surface area contributed by atoms with Gasteiger partial charge in [-0.3, -0.25) is 4.79 Å². The molecule has 0 aliphatic carbocycles. The predicted molar refractivity (Wildman–Crippen MR) is 141 cm³/mol. The number of halogens is 1. The Balaban J connectivity index is 1.40. The van der Waals surface area contributed by atoms with Gasteiger partial charge in [-0.15, -0.1) is 0 Å². The van der Waals surface area contributed by atoms with Crippen molar-refractivity contribution in [3.63, 3.8) is 0 Å². The Morgan fingerprint density at radius 1 is 0.973 bits per heavy atom. The third-order valence-electron chi connectivity index (χ3n) is 5.71.